The number of aromatic nitrogens is 2. The molecule has 0 aliphatic heterocycles. The second-order valence-electron chi connectivity index (χ2n) is 5.24. The van der Waals surface area contributed by atoms with Gasteiger partial charge in [0.1, 0.15) is 11.4 Å². The molecule has 5 heteroatoms. The van der Waals surface area contributed by atoms with E-state index in [1.807, 2.05) is 54.6 Å². The van der Waals surface area contributed by atoms with Gasteiger partial charge in [0, 0.05) is 14.1 Å². The highest BCUT2D eigenvalue weighted by atomic mass is 16.5. The second kappa shape index (κ2) is 6.91. The van der Waals surface area contributed by atoms with Crippen LogP contribution in [0, 0.1) is 6.92 Å². The summed E-state index contributed by atoms with van der Waals surface area (Å²) < 4.78 is 5.15. The molecule has 0 fully saturated rings. The molecule has 3 rings (SSSR count). The molecular formula is C19H21N3O2. The summed E-state index contributed by atoms with van der Waals surface area (Å²) in [7, 11) is 1.62. The molecule has 0 saturated heterocycles. The van der Waals surface area contributed by atoms with Crippen molar-refractivity contribution >= 4 is 11.6 Å². The monoisotopic (exact) mass is 323 g/mol. The van der Waals surface area contributed by atoms with Crippen LogP contribution in [0.15, 0.2) is 60.8 Å². The number of aryl methyl sites for hydroxylation is 1. The molecule has 3 aromatic rings. The number of rotatable bonds is 4. The molecule has 2 aromatic carbocycles. The lowest BCUT2D eigenvalue weighted by Crippen LogP contribution is -2.16. The van der Waals surface area contributed by atoms with Gasteiger partial charge in [-0.05, 0) is 43.3 Å². The van der Waals surface area contributed by atoms with Gasteiger partial charge in [-0.25, -0.2) is 4.98 Å². The fourth-order valence-corrected chi connectivity index (χ4v) is 2.28. The summed E-state index contributed by atoms with van der Waals surface area (Å²) in [4.78, 5) is 21.3. The molecule has 0 unspecified atom stereocenters. The van der Waals surface area contributed by atoms with E-state index in [0.29, 0.717) is 17.1 Å². The summed E-state index contributed by atoms with van der Waals surface area (Å²) in [6, 6.07) is 16.7. The standard InChI is InChI=1S/C19H17N3O2.2H2/c1-13-18(19(23)21-15-6-4-3-5-7-15)22-17(12-20-13)14-8-10-16(24-2)11-9-14;;/h3-12H,1-2H3,(H,21,23);2*1H. The molecule has 0 aliphatic rings. The quantitative estimate of drug-likeness (QED) is 0.781. The van der Waals surface area contributed by atoms with Crippen molar-refractivity contribution in [2.75, 3.05) is 12.4 Å². The highest BCUT2D eigenvalue weighted by Gasteiger charge is 2.14. The number of amides is 1. The molecule has 124 valence electrons. The number of hydrogen-bond acceptors (Lipinski definition) is 4. The first-order valence-electron chi connectivity index (χ1n) is 7.52. The lowest BCUT2D eigenvalue weighted by atomic mass is 10.1. The van der Waals surface area contributed by atoms with Crippen LogP contribution in [-0.2, 0) is 0 Å². The number of anilines is 1. The number of benzene rings is 2. The van der Waals surface area contributed by atoms with Crippen molar-refractivity contribution in [2.45, 2.75) is 6.92 Å². The van der Waals surface area contributed by atoms with Gasteiger partial charge in [-0.1, -0.05) is 18.2 Å². The van der Waals surface area contributed by atoms with Gasteiger partial charge in [-0.2, -0.15) is 0 Å². The molecule has 5 nitrogen and oxygen atoms in total. The summed E-state index contributed by atoms with van der Waals surface area (Å²) in [5.41, 5.74) is 3.13. The van der Waals surface area contributed by atoms with Gasteiger partial charge in [0.15, 0.2) is 0 Å². The summed E-state index contributed by atoms with van der Waals surface area (Å²) >= 11 is 0. The third-order valence-corrected chi connectivity index (χ3v) is 3.59. The van der Waals surface area contributed by atoms with E-state index in [9.17, 15) is 4.79 Å². The number of ether oxygens (including phenoxy) is 1. The van der Waals surface area contributed by atoms with Gasteiger partial charge in [0.05, 0.1) is 24.7 Å². The van der Waals surface area contributed by atoms with E-state index in [1.165, 1.54) is 0 Å². The third-order valence-electron chi connectivity index (χ3n) is 3.59. The lowest BCUT2D eigenvalue weighted by molar-refractivity contribution is 0.102. The Labute approximate surface area is 143 Å². The van der Waals surface area contributed by atoms with Crippen LogP contribution in [0.2, 0.25) is 0 Å². The molecule has 1 heterocycles. The first kappa shape index (κ1) is 15.7. The van der Waals surface area contributed by atoms with Crippen molar-refractivity contribution in [3.8, 4) is 17.0 Å². The number of nitrogens with zero attached hydrogens (tertiary/aromatic N) is 2. The molecule has 1 N–H and O–H groups in total. The van der Waals surface area contributed by atoms with Gasteiger partial charge in [0.2, 0.25) is 0 Å². The van der Waals surface area contributed by atoms with Crippen molar-refractivity contribution in [1.82, 2.24) is 9.97 Å². The maximum atomic E-state index is 12.5. The fourth-order valence-electron chi connectivity index (χ4n) is 2.28. The minimum Gasteiger partial charge on any atom is -0.497 e. The van der Waals surface area contributed by atoms with E-state index in [2.05, 4.69) is 15.3 Å². The Morgan fingerprint density at radius 2 is 1.79 bits per heavy atom. The summed E-state index contributed by atoms with van der Waals surface area (Å²) in [5, 5.41) is 2.83. The van der Waals surface area contributed by atoms with E-state index in [1.54, 1.807) is 20.2 Å². The van der Waals surface area contributed by atoms with E-state index in [4.69, 9.17) is 4.74 Å². The summed E-state index contributed by atoms with van der Waals surface area (Å²) in [6.07, 6.45) is 1.66. The molecule has 0 saturated carbocycles. The lowest BCUT2D eigenvalue weighted by Gasteiger charge is -2.09. The predicted molar refractivity (Wildman–Crippen MR) is 97.4 cm³/mol. The highest BCUT2D eigenvalue weighted by Crippen LogP contribution is 2.21. The van der Waals surface area contributed by atoms with Gasteiger partial charge in [0.25, 0.3) is 5.91 Å². The zero-order chi connectivity index (χ0) is 16.9. The number of methoxy groups -OCH3 is 1. The topological polar surface area (TPSA) is 64.1 Å². The average Bonchev–Trinajstić information content (AvgIpc) is 2.63. The summed E-state index contributed by atoms with van der Waals surface area (Å²) in [6.45, 7) is 1.77. The predicted octanol–water partition coefficient (Wildman–Crippen LogP) is 4.20. The van der Waals surface area contributed by atoms with Crippen molar-refractivity contribution in [3.05, 3.63) is 72.2 Å². The smallest absolute Gasteiger partial charge is 0.276 e. The largest absolute Gasteiger partial charge is 0.497 e. The van der Waals surface area contributed by atoms with Crippen molar-refractivity contribution < 1.29 is 12.4 Å². The number of carbonyl (C=O) groups excluding carboxylic acids is 1. The molecule has 0 aliphatic carbocycles. The summed E-state index contributed by atoms with van der Waals surface area (Å²) in [5.74, 6) is 0.488. The zero-order valence-electron chi connectivity index (χ0n) is 13.5. The van der Waals surface area contributed by atoms with E-state index >= 15 is 0 Å². The minimum atomic E-state index is -0.276. The van der Waals surface area contributed by atoms with Crippen molar-refractivity contribution in [2.24, 2.45) is 0 Å². The second-order valence-corrected chi connectivity index (χ2v) is 5.24. The first-order chi connectivity index (χ1) is 11.7. The molecule has 24 heavy (non-hydrogen) atoms. The van der Waals surface area contributed by atoms with Crippen LogP contribution in [0.25, 0.3) is 11.3 Å². The van der Waals surface area contributed by atoms with Crippen LogP contribution < -0.4 is 10.1 Å². The number of hydrogen-bond donors (Lipinski definition) is 1. The molecule has 0 spiro atoms. The normalized spacial score (nSPS) is 10.2. The Balaban J connectivity index is 0.00000169. The number of para-hydroxylation sites is 1. The Morgan fingerprint density at radius 1 is 1.08 bits per heavy atom. The Hall–Kier alpha value is -3.21. The van der Waals surface area contributed by atoms with Crippen LogP contribution in [0.5, 0.6) is 5.75 Å². The number of nitrogens with one attached hydrogen (secondary N) is 1. The van der Waals surface area contributed by atoms with Crippen molar-refractivity contribution in [1.29, 1.82) is 0 Å². The van der Waals surface area contributed by atoms with Crippen LogP contribution in [-0.4, -0.2) is 23.0 Å². The van der Waals surface area contributed by atoms with Crippen LogP contribution in [0.3, 0.4) is 0 Å². The fraction of sp³-hybridized carbons (Fsp3) is 0.105. The maximum Gasteiger partial charge on any atom is 0.276 e. The van der Waals surface area contributed by atoms with Crippen LogP contribution >= 0.6 is 0 Å². The SMILES string of the molecule is COc1ccc(-c2cnc(C)c(C(=O)Nc3ccccc3)n2)cc1.[HH].[HH]. The highest BCUT2D eigenvalue weighted by molar-refractivity contribution is 6.03. The van der Waals surface area contributed by atoms with Gasteiger partial charge in [-0.15, -0.1) is 0 Å². The molecule has 1 amide bonds. The first-order valence-corrected chi connectivity index (χ1v) is 7.52. The molecule has 0 radical (unpaired) electrons. The maximum absolute atomic E-state index is 12.5. The average molecular weight is 323 g/mol. The molecule has 0 bridgehead atoms. The molecule has 0 atom stereocenters. The molecular weight excluding hydrogens is 302 g/mol. The third kappa shape index (κ3) is 3.41. The van der Waals surface area contributed by atoms with Crippen molar-refractivity contribution in [3.63, 3.8) is 0 Å². The number of carbonyl (C=O) groups is 1. The molecule has 1 aromatic heterocycles. The Bertz CT molecular complexity index is 856. The van der Waals surface area contributed by atoms with E-state index < -0.39 is 0 Å². The minimum absolute atomic E-state index is 0. The van der Waals surface area contributed by atoms with E-state index in [-0.39, 0.29) is 8.76 Å². The Kier molecular flexibility index (Phi) is 4.52. The van der Waals surface area contributed by atoms with Crippen LogP contribution in [0.1, 0.15) is 19.0 Å². The van der Waals surface area contributed by atoms with Gasteiger partial charge < -0.3 is 10.1 Å². The Morgan fingerprint density at radius 3 is 2.46 bits per heavy atom. The van der Waals surface area contributed by atoms with Crippen LogP contribution in [0.4, 0.5) is 5.69 Å². The van der Waals surface area contributed by atoms with E-state index in [0.717, 1.165) is 17.0 Å². The van der Waals surface area contributed by atoms with Gasteiger partial charge in [-0.3, -0.25) is 9.78 Å². The zero-order valence-corrected chi connectivity index (χ0v) is 13.5. The van der Waals surface area contributed by atoms with Gasteiger partial charge >= 0.3 is 0 Å².